The van der Waals surface area contributed by atoms with E-state index in [9.17, 15) is 4.79 Å². The minimum absolute atomic E-state index is 0.0136. The summed E-state index contributed by atoms with van der Waals surface area (Å²) >= 11 is 6.38. The number of aromatic nitrogens is 3. The number of aryl methyl sites for hydroxylation is 3. The van der Waals surface area contributed by atoms with Crippen LogP contribution in [0.25, 0.3) is 0 Å². The Kier molecular flexibility index (Phi) is 6.98. The van der Waals surface area contributed by atoms with E-state index in [1.165, 1.54) is 16.7 Å². The molecular formula is C30H31ClN6O. The van der Waals surface area contributed by atoms with E-state index in [1.807, 2.05) is 60.5 Å². The van der Waals surface area contributed by atoms with Crippen LogP contribution in [-0.2, 0) is 24.2 Å². The summed E-state index contributed by atoms with van der Waals surface area (Å²) in [6.07, 6.45) is 7.57. The van der Waals surface area contributed by atoms with Gasteiger partial charge >= 0.3 is 0 Å². The average molecular weight is 527 g/mol. The molecule has 3 heterocycles. The molecule has 1 fully saturated rings. The summed E-state index contributed by atoms with van der Waals surface area (Å²) in [4.78, 5) is 25.0. The molecular weight excluding hydrogens is 496 g/mol. The second kappa shape index (κ2) is 10.7. The van der Waals surface area contributed by atoms with Crippen LogP contribution >= 0.6 is 11.6 Å². The molecule has 0 radical (unpaired) electrons. The van der Waals surface area contributed by atoms with Crippen molar-refractivity contribution in [3.05, 3.63) is 112 Å². The van der Waals surface area contributed by atoms with E-state index < -0.39 is 0 Å². The summed E-state index contributed by atoms with van der Waals surface area (Å²) in [5.74, 6) is -0.0310. The third kappa shape index (κ3) is 5.23. The maximum Gasteiger partial charge on any atom is 0.242 e. The zero-order chi connectivity index (χ0) is 26.1. The number of anilines is 1. The zero-order valence-corrected chi connectivity index (χ0v) is 22.2. The number of piperazine rings is 1. The van der Waals surface area contributed by atoms with Crippen LogP contribution in [0.2, 0.25) is 5.02 Å². The Morgan fingerprint density at radius 3 is 2.87 bits per heavy atom. The Hall–Kier alpha value is -3.52. The van der Waals surface area contributed by atoms with E-state index in [2.05, 4.69) is 44.8 Å². The number of fused-ring (bicyclic) bond motifs is 2. The molecule has 4 aromatic rings. The Morgan fingerprint density at radius 2 is 2.00 bits per heavy atom. The van der Waals surface area contributed by atoms with Crippen molar-refractivity contribution in [3.63, 3.8) is 0 Å². The standard InChI is InChI=1S/C30H31ClN6O/c1-20-16-36(19-34-20)17-21-4-2-6-25(14-21)35-30(38)27-18-37(13-12-32-27)29-26-10-9-24(31)15-23(26)8-7-22-5-3-11-33-28(22)29/h2-6,9-11,14-16,19,27,29,32H,7-8,12-13,17-18H2,1H3,(H,35,38)/t27-,29?/m1/s1. The average Bonchev–Trinajstić information content (AvgIpc) is 3.25. The van der Waals surface area contributed by atoms with Crippen molar-refractivity contribution in [3.8, 4) is 0 Å². The van der Waals surface area contributed by atoms with Gasteiger partial charge in [0.05, 0.1) is 29.8 Å². The molecule has 2 aromatic carbocycles. The fourth-order valence-electron chi connectivity index (χ4n) is 5.68. The van der Waals surface area contributed by atoms with Gasteiger partial charge in [0.15, 0.2) is 0 Å². The normalized spacial score (nSPS) is 19.3. The zero-order valence-electron chi connectivity index (χ0n) is 21.4. The number of amides is 1. The highest BCUT2D eigenvalue weighted by Crippen LogP contribution is 2.37. The van der Waals surface area contributed by atoms with Gasteiger partial charge in [-0.25, -0.2) is 4.98 Å². The Morgan fingerprint density at radius 1 is 1.11 bits per heavy atom. The highest BCUT2D eigenvalue weighted by Gasteiger charge is 2.35. The summed E-state index contributed by atoms with van der Waals surface area (Å²) in [5.41, 5.74) is 7.71. The van der Waals surface area contributed by atoms with Crippen LogP contribution in [0.15, 0.2) is 73.3 Å². The molecule has 1 saturated heterocycles. The highest BCUT2D eigenvalue weighted by molar-refractivity contribution is 6.30. The molecule has 0 bridgehead atoms. The maximum absolute atomic E-state index is 13.4. The van der Waals surface area contributed by atoms with E-state index in [1.54, 1.807) is 0 Å². The van der Waals surface area contributed by atoms with Crippen molar-refractivity contribution in [2.45, 2.75) is 38.4 Å². The quantitative estimate of drug-likeness (QED) is 0.403. The number of carbonyl (C=O) groups excluding carboxylic acids is 1. The van der Waals surface area contributed by atoms with Crippen LogP contribution in [0.4, 0.5) is 5.69 Å². The number of nitrogens with one attached hydrogen (secondary N) is 2. The number of halogens is 1. The van der Waals surface area contributed by atoms with Gasteiger partial charge in [-0.05, 0) is 72.4 Å². The van der Waals surface area contributed by atoms with E-state index in [0.29, 0.717) is 13.1 Å². The molecule has 2 aliphatic rings. The predicted molar refractivity (Wildman–Crippen MR) is 149 cm³/mol. The molecule has 2 aromatic heterocycles. The SMILES string of the molecule is Cc1cn(Cc2cccc(NC(=O)[C@H]3CN(C4c5ccc(Cl)cc5CCc5cccnc54)CCN3)c2)cn1. The summed E-state index contributed by atoms with van der Waals surface area (Å²) in [5, 5.41) is 7.32. The molecule has 0 spiro atoms. The first-order valence-electron chi connectivity index (χ1n) is 13.1. The molecule has 0 saturated carbocycles. The molecule has 38 heavy (non-hydrogen) atoms. The molecule has 2 atom stereocenters. The first-order chi connectivity index (χ1) is 18.5. The number of pyridine rings is 1. The molecule has 8 heteroatoms. The van der Waals surface area contributed by atoms with E-state index in [-0.39, 0.29) is 18.0 Å². The lowest BCUT2D eigenvalue weighted by Crippen LogP contribution is -2.56. The minimum atomic E-state index is -0.338. The number of imidazole rings is 1. The van der Waals surface area contributed by atoms with Gasteiger partial charge in [0, 0.05) is 49.3 Å². The van der Waals surface area contributed by atoms with Gasteiger partial charge in [-0.15, -0.1) is 0 Å². The molecule has 6 rings (SSSR count). The second-order valence-electron chi connectivity index (χ2n) is 10.2. The Bertz CT molecular complexity index is 1470. The Balaban J connectivity index is 1.21. The number of hydrogen-bond donors (Lipinski definition) is 2. The summed E-state index contributed by atoms with van der Waals surface area (Å²) in [6.45, 7) is 4.82. The first-order valence-corrected chi connectivity index (χ1v) is 13.5. The molecule has 194 valence electrons. The van der Waals surface area contributed by atoms with Gasteiger partial charge in [-0.1, -0.05) is 35.9 Å². The summed E-state index contributed by atoms with van der Waals surface area (Å²) in [6, 6.07) is 18.0. The van der Waals surface area contributed by atoms with Crippen molar-refractivity contribution < 1.29 is 4.79 Å². The second-order valence-corrected chi connectivity index (χ2v) is 10.6. The van der Waals surface area contributed by atoms with Crippen molar-refractivity contribution in [1.29, 1.82) is 0 Å². The number of rotatable bonds is 5. The largest absolute Gasteiger partial charge is 0.333 e. The summed E-state index contributed by atoms with van der Waals surface area (Å²) in [7, 11) is 0. The number of hydrogen-bond acceptors (Lipinski definition) is 5. The number of carbonyl (C=O) groups is 1. The highest BCUT2D eigenvalue weighted by atomic mass is 35.5. The minimum Gasteiger partial charge on any atom is -0.333 e. The smallest absolute Gasteiger partial charge is 0.242 e. The molecule has 1 aliphatic carbocycles. The van der Waals surface area contributed by atoms with Gasteiger partial charge in [0.25, 0.3) is 0 Å². The van der Waals surface area contributed by atoms with Gasteiger partial charge < -0.3 is 15.2 Å². The Labute approximate surface area is 227 Å². The van der Waals surface area contributed by atoms with Crippen LogP contribution in [0.3, 0.4) is 0 Å². The maximum atomic E-state index is 13.4. The van der Waals surface area contributed by atoms with Crippen molar-refractivity contribution in [2.24, 2.45) is 0 Å². The van der Waals surface area contributed by atoms with Crippen LogP contribution < -0.4 is 10.6 Å². The first kappa shape index (κ1) is 24.8. The fourth-order valence-corrected chi connectivity index (χ4v) is 5.88. The van der Waals surface area contributed by atoms with Gasteiger partial charge in [-0.3, -0.25) is 14.7 Å². The van der Waals surface area contributed by atoms with Crippen molar-refractivity contribution in [2.75, 3.05) is 25.0 Å². The van der Waals surface area contributed by atoms with Gasteiger partial charge in [0.2, 0.25) is 5.91 Å². The summed E-state index contributed by atoms with van der Waals surface area (Å²) < 4.78 is 2.04. The lowest BCUT2D eigenvalue weighted by atomic mass is 9.95. The monoisotopic (exact) mass is 526 g/mol. The molecule has 2 N–H and O–H groups in total. The molecule has 1 amide bonds. The van der Waals surface area contributed by atoms with Gasteiger partial charge in [-0.2, -0.15) is 0 Å². The van der Waals surface area contributed by atoms with Crippen LogP contribution in [0.5, 0.6) is 0 Å². The molecule has 1 unspecified atom stereocenters. The van der Waals surface area contributed by atoms with Crippen LogP contribution in [0, 0.1) is 6.92 Å². The lowest BCUT2D eigenvalue weighted by molar-refractivity contribution is -0.119. The van der Waals surface area contributed by atoms with E-state index in [4.69, 9.17) is 16.6 Å². The van der Waals surface area contributed by atoms with Crippen molar-refractivity contribution in [1.82, 2.24) is 24.8 Å². The third-order valence-corrected chi connectivity index (χ3v) is 7.69. The fraction of sp³-hybridized carbons (Fsp3) is 0.300. The number of nitrogens with zero attached hydrogens (tertiary/aromatic N) is 4. The van der Waals surface area contributed by atoms with E-state index >= 15 is 0 Å². The van der Waals surface area contributed by atoms with Crippen molar-refractivity contribution >= 4 is 23.2 Å². The molecule has 7 nitrogen and oxygen atoms in total. The lowest BCUT2D eigenvalue weighted by Gasteiger charge is -2.39. The molecule has 1 aliphatic heterocycles. The topological polar surface area (TPSA) is 75.1 Å². The number of benzene rings is 2. The van der Waals surface area contributed by atoms with Gasteiger partial charge in [0.1, 0.15) is 0 Å². The van der Waals surface area contributed by atoms with E-state index in [0.717, 1.165) is 53.6 Å². The predicted octanol–water partition coefficient (Wildman–Crippen LogP) is 4.39. The van der Waals surface area contributed by atoms with Crippen LogP contribution in [-0.4, -0.2) is 51.0 Å². The van der Waals surface area contributed by atoms with Crippen LogP contribution in [0.1, 0.15) is 39.7 Å². The third-order valence-electron chi connectivity index (χ3n) is 7.46.